The Hall–Kier alpha value is -0.360. The van der Waals surface area contributed by atoms with Gasteiger partial charge in [0.1, 0.15) is 5.75 Å². The van der Waals surface area contributed by atoms with Crippen molar-refractivity contribution >= 4 is 22.6 Å². The molecule has 1 heterocycles. The number of halogens is 1. The first-order chi connectivity index (χ1) is 6.31. The molecule has 1 aromatic heterocycles. The maximum absolute atomic E-state index is 5.70. The average Bonchev–Trinajstić information content (AvgIpc) is 2.92. The molecule has 0 unspecified atom stereocenters. The van der Waals surface area contributed by atoms with Crippen LogP contribution in [0.3, 0.4) is 0 Å². The lowest BCUT2D eigenvalue weighted by atomic mass is 10.3. The monoisotopic (exact) mass is 290 g/mol. The second-order valence-electron chi connectivity index (χ2n) is 3.09. The number of ether oxygens (including phenoxy) is 1. The Kier molecular flexibility index (Phi) is 2.69. The van der Waals surface area contributed by atoms with Gasteiger partial charge in [-0.25, -0.2) is 0 Å². The zero-order valence-electron chi connectivity index (χ0n) is 7.16. The van der Waals surface area contributed by atoms with Gasteiger partial charge in [0.15, 0.2) is 0 Å². The molecule has 0 saturated heterocycles. The van der Waals surface area contributed by atoms with E-state index in [0.717, 1.165) is 15.0 Å². The number of pyridine rings is 1. The lowest BCUT2D eigenvalue weighted by Crippen LogP contribution is -2.05. The number of nitrogens with zero attached hydrogens (tertiary/aromatic N) is 1. The molecule has 2 N–H and O–H groups in total. The summed E-state index contributed by atoms with van der Waals surface area (Å²) in [4.78, 5) is 4.17. The molecule has 0 bridgehead atoms. The second kappa shape index (κ2) is 3.79. The molecule has 0 aromatic carbocycles. The Morgan fingerprint density at radius 1 is 1.62 bits per heavy atom. The molecule has 0 amide bonds. The maximum Gasteiger partial charge on any atom is 0.136 e. The van der Waals surface area contributed by atoms with Gasteiger partial charge in [-0.3, -0.25) is 4.98 Å². The third-order valence-corrected chi connectivity index (χ3v) is 3.09. The summed E-state index contributed by atoms with van der Waals surface area (Å²) in [5, 5.41) is 0. The number of nitrogens with two attached hydrogens (primary N) is 1. The number of hydrogen-bond donors (Lipinski definition) is 1. The Balaban J connectivity index is 2.22. The van der Waals surface area contributed by atoms with Crippen LogP contribution in [0.4, 0.5) is 0 Å². The first-order valence-electron chi connectivity index (χ1n) is 4.31. The molecular weight excluding hydrogens is 279 g/mol. The highest BCUT2D eigenvalue weighted by atomic mass is 127. The Morgan fingerprint density at radius 2 is 2.38 bits per heavy atom. The van der Waals surface area contributed by atoms with Gasteiger partial charge in [0.25, 0.3) is 0 Å². The van der Waals surface area contributed by atoms with Crippen LogP contribution in [-0.2, 0) is 6.54 Å². The van der Waals surface area contributed by atoms with E-state index in [2.05, 4.69) is 27.6 Å². The van der Waals surface area contributed by atoms with E-state index >= 15 is 0 Å². The predicted molar refractivity (Wildman–Crippen MR) is 58.5 cm³/mol. The second-order valence-corrected chi connectivity index (χ2v) is 4.17. The Bertz CT molecular complexity index is 312. The SMILES string of the molecule is NCc1nccc(OC2CC2)c1I. The van der Waals surface area contributed by atoms with E-state index in [4.69, 9.17) is 10.5 Å². The zero-order chi connectivity index (χ0) is 9.26. The summed E-state index contributed by atoms with van der Waals surface area (Å²) in [7, 11) is 0. The molecule has 1 aliphatic rings. The molecule has 3 nitrogen and oxygen atoms in total. The van der Waals surface area contributed by atoms with E-state index < -0.39 is 0 Å². The van der Waals surface area contributed by atoms with Crippen molar-refractivity contribution in [3.8, 4) is 5.75 Å². The van der Waals surface area contributed by atoms with Gasteiger partial charge in [-0.1, -0.05) is 0 Å². The third kappa shape index (κ3) is 2.11. The van der Waals surface area contributed by atoms with Gasteiger partial charge in [-0.2, -0.15) is 0 Å². The molecule has 0 radical (unpaired) electrons. The van der Waals surface area contributed by atoms with Crippen LogP contribution in [0, 0.1) is 3.57 Å². The van der Waals surface area contributed by atoms with Crippen LogP contribution < -0.4 is 10.5 Å². The molecule has 13 heavy (non-hydrogen) atoms. The molecule has 70 valence electrons. The van der Waals surface area contributed by atoms with Gasteiger partial charge >= 0.3 is 0 Å². The van der Waals surface area contributed by atoms with Gasteiger partial charge in [0.2, 0.25) is 0 Å². The molecule has 1 aromatic rings. The van der Waals surface area contributed by atoms with Crippen LogP contribution in [0.25, 0.3) is 0 Å². The van der Waals surface area contributed by atoms with E-state index in [9.17, 15) is 0 Å². The number of hydrogen-bond acceptors (Lipinski definition) is 3. The standard InChI is InChI=1S/C9H11IN2O/c10-9-7(5-11)12-4-3-8(9)13-6-1-2-6/h3-4,6H,1-2,5,11H2. The molecule has 0 atom stereocenters. The fourth-order valence-corrected chi connectivity index (χ4v) is 1.73. The minimum absolute atomic E-state index is 0.432. The largest absolute Gasteiger partial charge is 0.489 e. The molecule has 1 fully saturated rings. The summed E-state index contributed by atoms with van der Waals surface area (Å²) in [5.41, 5.74) is 6.46. The minimum atomic E-state index is 0.432. The first kappa shape index (κ1) is 9.21. The molecule has 0 aliphatic heterocycles. The number of rotatable bonds is 3. The van der Waals surface area contributed by atoms with Crippen LogP contribution in [0.15, 0.2) is 12.3 Å². The van der Waals surface area contributed by atoms with Gasteiger partial charge < -0.3 is 10.5 Å². The van der Waals surface area contributed by atoms with Crippen molar-refractivity contribution in [3.63, 3.8) is 0 Å². The van der Waals surface area contributed by atoms with E-state index in [1.165, 1.54) is 12.8 Å². The highest BCUT2D eigenvalue weighted by Gasteiger charge is 2.24. The van der Waals surface area contributed by atoms with Gasteiger partial charge in [-0.15, -0.1) is 0 Å². The Labute approximate surface area is 90.8 Å². The molecular formula is C9H11IN2O. The fraction of sp³-hybridized carbons (Fsp3) is 0.444. The van der Waals surface area contributed by atoms with Gasteiger partial charge in [-0.05, 0) is 41.5 Å². The summed E-state index contributed by atoms with van der Waals surface area (Å²) in [5.74, 6) is 0.929. The summed E-state index contributed by atoms with van der Waals surface area (Å²) in [6, 6.07) is 1.90. The normalized spacial score (nSPS) is 15.8. The van der Waals surface area contributed by atoms with Crippen molar-refractivity contribution < 1.29 is 4.74 Å². The average molecular weight is 290 g/mol. The van der Waals surface area contributed by atoms with Crippen molar-refractivity contribution in [2.75, 3.05) is 0 Å². The summed E-state index contributed by atoms with van der Waals surface area (Å²) in [6.07, 6.45) is 4.54. The van der Waals surface area contributed by atoms with Gasteiger partial charge in [0, 0.05) is 12.7 Å². The molecule has 4 heteroatoms. The fourth-order valence-electron chi connectivity index (χ4n) is 1.07. The minimum Gasteiger partial charge on any atom is -0.489 e. The highest BCUT2D eigenvalue weighted by molar-refractivity contribution is 14.1. The molecule has 1 saturated carbocycles. The lowest BCUT2D eigenvalue weighted by Gasteiger charge is -2.08. The summed E-state index contributed by atoms with van der Waals surface area (Å²) >= 11 is 2.23. The smallest absolute Gasteiger partial charge is 0.136 e. The molecule has 1 aliphatic carbocycles. The Morgan fingerprint density at radius 3 is 3.00 bits per heavy atom. The first-order valence-corrected chi connectivity index (χ1v) is 5.39. The predicted octanol–water partition coefficient (Wildman–Crippen LogP) is 1.69. The van der Waals surface area contributed by atoms with Crippen molar-refractivity contribution in [3.05, 3.63) is 21.5 Å². The van der Waals surface area contributed by atoms with E-state index in [1.54, 1.807) is 6.20 Å². The van der Waals surface area contributed by atoms with Crippen LogP contribution >= 0.6 is 22.6 Å². The molecule has 0 spiro atoms. The van der Waals surface area contributed by atoms with Crippen molar-refractivity contribution in [2.24, 2.45) is 5.73 Å². The molecule has 2 rings (SSSR count). The van der Waals surface area contributed by atoms with Crippen molar-refractivity contribution in [1.29, 1.82) is 0 Å². The maximum atomic E-state index is 5.70. The van der Waals surface area contributed by atoms with E-state index in [-0.39, 0.29) is 0 Å². The summed E-state index contributed by atoms with van der Waals surface area (Å²) < 4.78 is 6.75. The zero-order valence-corrected chi connectivity index (χ0v) is 9.32. The third-order valence-electron chi connectivity index (χ3n) is 1.94. The van der Waals surface area contributed by atoms with Crippen LogP contribution in [0.2, 0.25) is 0 Å². The lowest BCUT2D eigenvalue weighted by molar-refractivity contribution is 0.300. The summed E-state index contributed by atoms with van der Waals surface area (Å²) in [6.45, 7) is 0.472. The van der Waals surface area contributed by atoms with Crippen molar-refractivity contribution in [2.45, 2.75) is 25.5 Å². The van der Waals surface area contributed by atoms with Crippen molar-refractivity contribution in [1.82, 2.24) is 4.98 Å². The van der Waals surface area contributed by atoms with Crippen LogP contribution in [0.1, 0.15) is 18.5 Å². The number of aromatic nitrogens is 1. The van der Waals surface area contributed by atoms with Crippen LogP contribution in [0.5, 0.6) is 5.75 Å². The highest BCUT2D eigenvalue weighted by Crippen LogP contribution is 2.30. The quantitative estimate of drug-likeness (QED) is 0.862. The topological polar surface area (TPSA) is 48.1 Å². The van der Waals surface area contributed by atoms with Gasteiger partial charge in [0.05, 0.1) is 15.4 Å². The van der Waals surface area contributed by atoms with E-state index in [1.807, 2.05) is 6.07 Å². The van der Waals surface area contributed by atoms with E-state index in [0.29, 0.717) is 12.6 Å². The van der Waals surface area contributed by atoms with Crippen LogP contribution in [-0.4, -0.2) is 11.1 Å².